The summed E-state index contributed by atoms with van der Waals surface area (Å²) >= 11 is 0. The molecule has 0 fully saturated rings. The number of rotatable bonds is 4. The van der Waals surface area contributed by atoms with Crippen LogP contribution in [0.5, 0.6) is 5.75 Å². The topological polar surface area (TPSA) is 41.5 Å². The summed E-state index contributed by atoms with van der Waals surface area (Å²) in [4.78, 5) is 0. The predicted octanol–water partition coefficient (Wildman–Crippen LogP) is 2.42. The van der Waals surface area contributed by atoms with E-state index in [-0.39, 0.29) is 5.69 Å². The fourth-order valence-electron chi connectivity index (χ4n) is 1.22. The van der Waals surface area contributed by atoms with Crippen LogP contribution < -0.4 is 10.1 Å². The molecule has 0 aliphatic rings. The maximum atomic E-state index is 12.7. The van der Waals surface area contributed by atoms with E-state index in [2.05, 4.69) is 5.32 Å². The quantitative estimate of drug-likeness (QED) is 0.861. The minimum absolute atomic E-state index is 0.234. The highest BCUT2D eigenvalue weighted by molar-refractivity contribution is 5.50. The number of aliphatic hydroxyl groups excluding tert-OH is 1. The van der Waals surface area contributed by atoms with Crippen molar-refractivity contribution < 1.29 is 23.0 Å². The summed E-state index contributed by atoms with van der Waals surface area (Å²) in [6.07, 6.45) is -4.55. The summed E-state index contributed by atoms with van der Waals surface area (Å²) in [6, 6.07) is 6.09. The number of halogens is 3. The van der Waals surface area contributed by atoms with Gasteiger partial charge in [-0.3, -0.25) is 0 Å². The Hall–Kier alpha value is -1.43. The van der Waals surface area contributed by atoms with E-state index in [1.807, 2.05) is 0 Å². The lowest BCUT2D eigenvalue weighted by atomic mass is 10.0. The van der Waals surface area contributed by atoms with Gasteiger partial charge in [0.2, 0.25) is 0 Å². The van der Waals surface area contributed by atoms with Crippen molar-refractivity contribution in [2.24, 2.45) is 0 Å². The zero-order chi connectivity index (χ0) is 13.1. The third kappa shape index (κ3) is 3.03. The van der Waals surface area contributed by atoms with Crippen LogP contribution in [0.15, 0.2) is 24.3 Å². The van der Waals surface area contributed by atoms with Gasteiger partial charge in [0.05, 0.1) is 13.7 Å². The Morgan fingerprint density at radius 1 is 1.35 bits per heavy atom. The maximum Gasteiger partial charge on any atom is 0.413 e. The van der Waals surface area contributed by atoms with Gasteiger partial charge in [0.25, 0.3) is 0 Å². The normalized spacial score (nSPS) is 15.2. The highest BCUT2D eigenvalue weighted by atomic mass is 19.4. The highest BCUT2D eigenvalue weighted by Gasteiger charge is 2.50. The third-order valence-corrected chi connectivity index (χ3v) is 2.43. The zero-order valence-corrected chi connectivity index (χ0v) is 9.51. The SMILES string of the molecule is COc1cccc(NC(C)(CO)C(F)(F)F)c1. The Bertz CT molecular complexity index is 381. The molecular weight excluding hydrogens is 235 g/mol. The van der Waals surface area contributed by atoms with E-state index in [4.69, 9.17) is 9.84 Å². The molecule has 17 heavy (non-hydrogen) atoms. The number of hydrogen-bond acceptors (Lipinski definition) is 3. The van der Waals surface area contributed by atoms with Crippen LogP contribution in [0.1, 0.15) is 6.92 Å². The summed E-state index contributed by atoms with van der Waals surface area (Å²) in [6.45, 7) is -0.153. The Morgan fingerprint density at radius 3 is 2.47 bits per heavy atom. The van der Waals surface area contributed by atoms with Gasteiger partial charge in [-0.15, -0.1) is 0 Å². The van der Waals surface area contributed by atoms with Crippen LogP contribution in [-0.4, -0.2) is 30.5 Å². The average molecular weight is 249 g/mol. The Balaban J connectivity index is 2.95. The zero-order valence-electron chi connectivity index (χ0n) is 9.51. The van der Waals surface area contributed by atoms with E-state index in [0.29, 0.717) is 5.75 Å². The molecule has 1 aromatic carbocycles. The molecular formula is C11H14F3NO2. The molecule has 6 heteroatoms. The molecule has 96 valence electrons. The van der Waals surface area contributed by atoms with Crippen molar-refractivity contribution in [2.45, 2.75) is 18.6 Å². The van der Waals surface area contributed by atoms with E-state index in [1.165, 1.54) is 19.2 Å². The van der Waals surface area contributed by atoms with Gasteiger partial charge < -0.3 is 15.2 Å². The molecule has 0 bridgehead atoms. The largest absolute Gasteiger partial charge is 0.497 e. The number of anilines is 1. The number of benzene rings is 1. The van der Waals surface area contributed by atoms with Crippen molar-refractivity contribution >= 4 is 5.69 Å². The molecule has 2 N–H and O–H groups in total. The third-order valence-electron chi connectivity index (χ3n) is 2.43. The standard InChI is InChI=1S/C11H14F3NO2/c1-10(7-16,11(12,13)14)15-8-4-3-5-9(6-8)17-2/h3-6,15-16H,7H2,1-2H3. The number of ether oxygens (including phenoxy) is 1. The minimum Gasteiger partial charge on any atom is -0.497 e. The number of aliphatic hydroxyl groups is 1. The van der Waals surface area contributed by atoms with Gasteiger partial charge in [0, 0.05) is 11.8 Å². The second kappa shape index (κ2) is 4.83. The Kier molecular flexibility index (Phi) is 3.87. The molecule has 0 spiro atoms. The first kappa shape index (κ1) is 13.6. The number of alkyl halides is 3. The maximum absolute atomic E-state index is 12.7. The molecule has 1 aromatic rings. The lowest BCUT2D eigenvalue weighted by molar-refractivity contribution is -0.182. The smallest absolute Gasteiger partial charge is 0.413 e. The van der Waals surface area contributed by atoms with Crippen molar-refractivity contribution in [3.05, 3.63) is 24.3 Å². The minimum atomic E-state index is -4.55. The number of hydrogen-bond donors (Lipinski definition) is 2. The van der Waals surface area contributed by atoms with Crippen LogP contribution in [-0.2, 0) is 0 Å². The van der Waals surface area contributed by atoms with Crippen LogP contribution in [0.3, 0.4) is 0 Å². The van der Waals surface area contributed by atoms with E-state index in [1.54, 1.807) is 12.1 Å². The summed E-state index contributed by atoms with van der Waals surface area (Å²) in [7, 11) is 1.42. The van der Waals surface area contributed by atoms with Gasteiger partial charge in [-0.25, -0.2) is 0 Å². The first-order chi connectivity index (χ1) is 7.82. The molecule has 0 aliphatic heterocycles. The average Bonchev–Trinajstić information content (AvgIpc) is 2.27. The van der Waals surface area contributed by atoms with Crippen molar-refractivity contribution in [1.82, 2.24) is 0 Å². The van der Waals surface area contributed by atoms with Gasteiger partial charge in [0.15, 0.2) is 5.54 Å². The van der Waals surface area contributed by atoms with E-state index in [9.17, 15) is 13.2 Å². The van der Waals surface area contributed by atoms with Crippen LogP contribution in [0.25, 0.3) is 0 Å². The van der Waals surface area contributed by atoms with Gasteiger partial charge in [0.1, 0.15) is 5.75 Å². The molecule has 0 aromatic heterocycles. The van der Waals surface area contributed by atoms with Crippen molar-refractivity contribution in [2.75, 3.05) is 19.0 Å². The van der Waals surface area contributed by atoms with E-state index < -0.39 is 18.3 Å². The summed E-state index contributed by atoms with van der Waals surface area (Å²) < 4.78 is 43.1. The van der Waals surface area contributed by atoms with Crippen LogP contribution >= 0.6 is 0 Å². The van der Waals surface area contributed by atoms with Gasteiger partial charge >= 0.3 is 6.18 Å². The summed E-state index contributed by atoms with van der Waals surface area (Å²) in [5, 5.41) is 11.2. The first-order valence-electron chi connectivity index (χ1n) is 4.92. The molecule has 1 unspecified atom stereocenters. The molecule has 0 saturated heterocycles. The van der Waals surface area contributed by atoms with Crippen molar-refractivity contribution in [3.63, 3.8) is 0 Å². The molecule has 0 heterocycles. The van der Waals surface area contributed by atoms with Crippen LogP contribution in [0.2, 0.25) is 0 Å². The number of methoxy groups -OCH3 is 1. The van der Waals surface area contributed by atoms with E-state index >= 15 is 0 Å². The molecule has 0 aliphatic carbocycles. The number of nitrogens with one attached hydrogen (secondary N) is 1. The second-order valence-corrected chi connectivity index (χ2v) is 3.84. The molecule has 0 radical (unpaired) electrons. The van der Waals surface area contributed by atoms with Gasteiger partial charge in [-0.05, 0) is 19.1 Å². The molecule has 0 amide bonds. The first-order valence-corrected chi connectivity index (χ1v) is 4.92. The molecule has 1 rings (SSSR count). The Morgan fingerprint density at radius 2 is 2.00 bits per heavy atom. The van der Waals surface area contributed by atoms with Crippen molar-refractivity contribution in [1.29, 1.82) is 0 Å². The summed E-state index contributed by atoms with van der Waals surface area (Å²) in [5.41, 5.74) is -2.14. The van der Waals surface area contributed by atoms with Crippen LogP contribution in [0.4, 0.5) is 18.9 Å². The van der Waals surface area contributed by atoms with E-state index in [0.717, 1.165) is 6.92 Å². The predicted molar refractivity (Wildman–Crippen MR) is 58.2 cm³/mol. The molecule has 1 atom stereocenters. The fraction of sp³-hybridized carbons (Fsp3) is 0.455. The monoisotopic (exact) mass is 249 g/mol. The molecule has 3 nitrogen and oxygen atoms in total. The van der Waals surface area contributed by atoms with Gasteiger partial charge in [-0.2, -0.15) is 13.2 Å². The molecule has 0 saturated carbocycles. The fourth-order valence-corrected chi connectivity index (χ4v) is 1.22. The lowest BCUT2D eigenvalue weighted by Crippen LogP contribution is -2.52. The van der Waals surface area contributed by atoms with Gasteiger partial charge in [-0.1, -0.05) is 6.07 Å². The Labute approximate surface area is 97.2 Å². The van der Waals surface area contributed by atoms with Crippen LogP contribution in [0, 0.1) is 0 Å². The highest BCUT2D eigenvalue weighted by Crippen LogP contribution is 2.33. The lowest BCUT2D eigenvalue weighted by Gasteiger charge is -2.32. The van der Waals surface area contributed by atoms with Crippen molar-refractivity contribution in [3.8, 4) is 5.75 Å². The second-order valence-electron chi connectivity index (χ2n) is 3.84. The summed E-state index contributed by atoms with van der Waals surface area (Å²) in [5.74, 6) is 0.442.